The molecular weight excluding hydrogens is 232 g/mol. The minimum absolute atomic E-state index is 0.175. The number of nitrogens with zero attached hydrogens (tertiary/aromatic N) is 1. The van der Waals surface area contributed by atoms with Gasteiger partial charge in [0.2, 0.25) is 0 Å². The molecular formula is C13H22N2O3. The summed E-state index contributed by atoms with van der Waals surface area (Å²) >= 11 is 0. The van der Waals surface area contributed by atoms with Gasteiger partial charge >= 0.3 is 6.09 Å². The van der Waals surface area contributed by atoms with Gasteiger partial charge in [0.15, 0.2) is 0 Å². The lowest BCUT2D eigenvalue weighted by Crippen LogP contribution is -2.40. The number of carbonyl (C=O) groups is 1. The van der Waals surface area contributed by atoms with Crippen molar-refractivity contribution < 1.29 is 9.53 Å². The lowest BCUT2D eigenvalue weighted by molar-refractivity contribution is 0.0490. The predicted octanol–water partition coefficient (Wildman–Crippen LogP) is 3.35. The van der Waals surface area contributed by atoms with Crippen molar-refractivity contribution in [1.29, 1.82) is 0 Å². The molecule has 0 unspecified atom stereocenters. The summed E-state index contributed by atoms with van der Waals surface area (Å²) in [7, 11) is 0. The second-order valence-electron chi connectivity index (χ2n) is 5.70. The fraction of sp³-hybridized carbons (Fsp3) is 0.769. The molecule has 0 aromatic carbocycles. The van der Waals surface area contributed by atoms with Gasteiger partial charge in [0.05, 0.1) is 6.20 Å². The van der Waals surface area contributed by atoms with Crippen molar-refractivity contribution >= 4 is 6.09 Å². The van der Waals surface area contributed by atoms with Crippen LogP contribution in [-0.4, -0.2) is 17.7 Å². The van der Waals surface area contributed by atoms with Gasteiger partial charge < -0.3 is 10.1 Å². The van der Waals surface area contributed by atoms with Crippen molar-refractivity contribution in [1.82, 2.24) is 5.32 Å². The van der Waals surface area contributed by atoms with Crippen LogP contribution in [0.5, 0.6) is 0 Å². The number of alkyl carbamates (subject to hydrolysis) is 1. The van der Waals surface area contributed by atoms with E-state index < -0.39 is 5.60 Å². The third-order valence-electron chi connectivity index (χ3n) is 2.91. The van der Waals surface area contributed by atoms with Crippen LogP contribution < -0.4 is 5.32 Å². The van der Waals surface area contributed by atoms with Gasteiger partial charge in [-0.1, -0.05) is 6.08 Å². The molecule has 0 spiro atoms. The van der Waals surface area contributed by atoms with Crippen LogP contribution in [-0.2, 0) is 4.74 Å². The van der Waals surface area contributed by atoms with E-state index in [1.165, 1.54) is 6.20 Å². The molecule has 1 saturated carbocycles. The summed E-state index contributed by atoms with van der Waals surface area (Å²) < 4.78 is 5.21. The number of hydrogen-bond donors (Lipinski definition) is 1. The van der Waals surface area contributed by atoms with E-state index in [0.29, 0.717) is 5.92 Å². The highest BCUT2D eigenvalue weighted by atomic mass is 16.6. The molecule has 1 amide bonds. The van der Waals surface area contributed by atoms with E-state index in [9.17, 15) is 9.70 Å². The van der Waals surface area contributed by atoms with E-state index in [4.69, 9.17) is 4.74 Å². The molecule has 0 aliphatic heterocycles. The minimum Gasteiger partial charge on any atom is -0.444 e. The van der Waals surface area contributed by atoms with Crippen molar-refractivity contribution in [3.8, 4) is 0 Å². The zero-order chi connectivity index (χ0) is 13.6. The summed E-state index contributed by atoms with van der Waals surface area (Å²) in [6.07, 6.45) is 6.55. The summed E-state index contributed by atoms with van der Waals surface area (Å²) in [5.74, 6) is 0.402. The predicted molar refractivity (Wildman–Crippen MR) is 70.1 cm³/mol. The minimum atomic E-state index is -0.459. The Morgan fingerprint density at radius 2 is 1.89 bits per heavy atom. The first-order chi connectivity index (χ1) is 8.40. The number of ether oxygens (including phenoxy) is 1. The second kappa shape index (κ2) is 6.52. The van der Waals surface area contributed by atoms with Crippen LogP contribution in [0.15, 0.2) is 17.5 Å². The van der Waals surface area contributed by atoms with E-state index in [1.54, 1.807) is 0 Å². The topological polar surface area (TPSA) is 67.8 Å². The number of nitrogens with one attached hydrogen (secondary N) is 1. The van der Waals surface area contributed by atoms with Crippen LogP contribution in [0.25, 0.3) is 0 Å². The number of amides is 1. The molecule has 0 bridgehead atoms. The largest absolute Gasteiger partial charge is 0.444 e. The smallest absolute Gasteiger partial charge is 0.407 e. The molecule has 1 N–H and O–H groups in total. The van der Waals surface area contributed by atoms with Gasteiger partial charge in [-0.05, 0) is 57.5 Å². The summed E-state index contributed by atoms with van der Waals surface area (Å²) in [5, 5.41) is 5.60. The Kier molecular flexibility index (Phi) is 5.31. The van der Waals surface area contributed by atoms with Crippen molar-refractivity contribution in [2.75, 3.05) is 0 Å². The molecule has 102 valence electrons. The molecule has 1 fully saturated rings. The SMILES string of the molecule is CC(C)(C)OC(=O)NC1CCC(/C=C/N=O)CC1. The van der Waals surface area contributed by atoms with Crippen LogP contribution in [0.3, 0.4) is 0 Å². The number of carbonyl (C=O) groups excluding carboxylic acids is 1. The van der Waals surface area contributed by atoms with Crippen molar-refractivity contribution in [2.45, 2.75) is 58.1 Å². The first-order valence-corrected chi connectivity index (χ1v) is 6.39. The van der Waals surface area contributed by atoms with Crippen LogP contribution >= 0.6 is 0 Å². The summed E-state index contributed by atoms with van der Waals surface area (Å²) in [4.78, 5) is 21.6. The maximum Gasteiger partial charge on any atom is 0.407 e. The molecule has 5 nitrogen and oxygen atoms in total. The number of hydrogen-bond acceptors (Lipinski definition) is 4. The Morgan fingerprint density at radius 3 is 2.39 bits per heavy atom. The molecule has 0 radical (unpaired) electrons. The van der Waals surface area contributed by atoms with Crippen LogP contribution in [0, 0.1) is 10.8 Å². The van der Waals surface area contributed by atoms with Crippen molar-refractivity contribution in [2.24, 2.45) is 11.1 Å². The van der Waals surface area contributed by atoms with Crippen LogP contribution in [0.2, 0.25) is 0 Å². The Labute approximate surface area is 108 Å². The highest BCUT2D eigenvalue weighted by Gasteiger charge is 2.23. The molecule has 0 aromatic rings. The average molecular weight is 254 g/mol. The molecule has 0 saturated heterocycles. The third kappa shape index (κ3) is 5.80. The van der Waals surface area contributed by atoms with Crippen molar-refractivity contribution in [3.05, 3.63) is 17.2 Å². The van der Waals surface area contributed by atoms with E-state index in [0.717, 1.165) is 25.7 Å². The fourth-order valence-electron chi connectivity index (χ4n) is 2.09. The Bertz CT molecular complexity index is 313. The van der Waals surface area contributed by atoms with Crippen LogP contribution in [0.1, 0.15) is 46.5 Å². The van der Waals surface area contributed by atoms with Gasteiger partial charge in [0.25, 0.3) is 0 Å². The lowest BCUT2D eigenvalue weighted by atomic mass is 9.86. The number of nitroso groups, excluding NO2 is 1. The molecule has 0 heterocycles. The van der Waals surface area contributed by atoms with E-state index in [-0.39, 0.29) is 12.1 Å². The monoisotopic (exact) mass is 254 g/mol. The van der Waals surface area contributed by atoms with E-state index in [2.05, 4.69) is 10.5 Å². The zero-order valence-electron chi connectivity index (χ0n) is 11.3. The van der Waals surface area contributed by atoms with Gasteiger partial charge in [0, 0.05) is 6.04 Å². The van der Waals surface area contributed by atoms with Gasteiger partial charge in [-0.15, -0.1) is 4.91 Å². The fourth-order valence-corrected chi connectivity index (χ4v) is 2.09. The molecule has 1 aliphatic rings. The summed E-state index contributed by atoms with van der Waals surface area (Å²) in [6.45, 7) is 5.54. The lowest BCUT2D eigenvalue weighted by Gasteiger charge is -2.28. The molecule has 5 heteroatoms. The molecule has 0 atom stereocenters. The Balaban J connectivity index is 2.29. The molecule has 1 rings (SSSR count). The Hall–Kier alpha value is -1.39. The zero-order valence-corrected chi connectivity index (χ0v) is 11.3. The first-order valence-electron chi connectivity index (χ1n) is 6.39. The third-order valence-corrected chi connectivity index (χ3v) is 2.91. The summed E-state index contributed by atoms with van der Waals surface area (Å²) in [5.41, 5.74) is -0.459. The average Bonchev–Trinajstić information content (AvgIpc) is 2.25. The van der Waals surface area contributed by atoms with Gasteiger partial charge in [-0.25, -0.2) is 4.79 Å². The number of rotatable bonds is 3. The normalized spacial score (nSPS) is 24.8. The van der Waals surface area contributed by atoms with Gasteiger partial charge in [-0.3, -0.25) is 0 Å². The highest BCUT2D eigenvalue weighted by Crippen LogP contribution is 2.25. The van der Waals surface area contributed by atoms with E-state index in [1.807, 2.05) is 26.8 Å². The standard InChI is InChI=1S/C13H22N2O3/c1-13(2,3)18-12(16)15-11-6-4-10(5-7-11)8-9-14-17/h8-11H,4-7H2,1-3H3,(H,15,16)/b9-8+. The van der Waals surface area contributed by atoms with Gasteiger partial charge in [0.1, 0.15) is 5.60 Å². The molecule has 0 aromatic heterocycles. The highest BCUT2D eigenvalue weighted by molar-refractivity contribution is 5.68. The number of allylic oxidation sites excluding steroid dienone is 1. The van der Waals surface area contributed by atoms with E-state index >= 15 is 0 Å². The van der Waals surface area contributed by atoms with Crippen molar-refractivity contribution in [3.63, 3.8) is 0 Å². The Morgan fingerprint density at radius 1 is 1.28 bits per heavy atom. The molecule has 1 aliphatic carbocycles. The second-order valence-corrected chi connectivity index (χ2v) is 5.70. The first kappa shape index (κ1) is 14.7. The quantitative estimate of drug-likeness (QED) is 0.785. The van der Waals surface area contributed by atoms with Gasteiger partial charge in [-0.2, -0.15) is 0 Å². The maximum atomic E-state index is 11.6. The van der Waals surface area contributed by atoms with Crippen LogP contribution in [0.4, 0.5) is 4.79 Å². The summed E-state index contributed by atoms with van der Waals surface area (Å²) in [6, 6.07) is 0.175. The maximum absolute atomic E-state index is 11.6. The molecule has 18 heavy (non-hydrogen) atoms.